The number of aliphatic imine (C=N–C) groups is 1. The molecule has 29 heavy (non-hydrogen) atoms. The van der Waals surface area contributed by atoms with Crippen LogP contribution in [0.4, 0.5) is 0 Å². The van der Waals surface area contributed by atoms with Crippen molar-refractivity contribution in [2.45, 2.75) is 83.3 Å². The van der Waals surface area contributed by atoms with Crippen LogP contribution in [0.15, 0.2) is 4.99 Å². The Kier molecular flexibility index (Phi) is 8.58. The minimum atomic E-state index is 0. The van der Waals surface area contributed by atoms with Gasteiger partial charge in [0.25, 0.3) is 0 Å². The van der Waals surface area contributed by atoms with Crippen LogP contribution in [0.5, 0.6) is 0 Å². The molecule has 0 aromatic carbocycles. The maximum absolute atomic E-state index is 4.98. The van der Waals surface area contributed by atoms with Crippen molar-refractivity contribution in [2.24, 2.45) is 12.0 Å². The first-order valence-electron chi connectivity index (χ1n) is 11.4. The monoisotopic (exact) mass is 515 g/mol. The molecule has 2 heterocycles. The zero-order valence-electron chi connectivity index (χ0n) is 18.1. The van der Waals surface area contributed by atoms with E-state index in [1.807, 2.05) is 18.5 Å². The summed E-state index contributed by atoms with van der Waals surface area (Å²) in [4.78, 5) is 10.2. The van der Waals surface area contributed by atoms with Crippen molar-refractivity contribution in [2.75, 3.05) is 26.2 Å². The number of nitrogens with zero attached hydrogens (tertiary/aromatic N) is 6. The minimum Gasteiger partial charge on any atom is -0.353 e. The Morgan fingerprint density at radius 1 is 0.966 bits per heavy atom. The molecular formula is C21H38IN7. The number of guanidine groups is 1. The Balaban J connectivity index is 0.00000240. The second-order valence-corrected chi connectivity index (χ2v) is 8.80. The van der Waals surface area contributed by atoms with Crippen LogP contribution in [0.25, 0.3) is 0 Å². The van der Waals surface area contributed by atoms with Gasteiger partial charge in [0.15, 0.2) is 11.8 Å². The predicted molar refractivity (Wildman–Crippen MR) is 128 cm³/mol. The van der Waals surface area contributed by atoms with E-state index in [9.17, 15) is 0 Å². The Bertz CT molecular complexity index is 654. The molecule has 1 N–H and O–H groups in total. The van der Waals surface area contributed by atoms with Gasteiger partial charge in [0.2, 0.25) is 0 Å². The van der Waals surface area contributed by atoms with E-state index in [2.05, 4.69) is 25.3 Å². The van der Waals surface area contributed by atoms with Gasteiger partial charge in [-0.25, -0.2) is 4.99 Å². The summed E-state index contributed by atoms with van der Waals surface area (Å²) in [5, 5.41) is 12.2. The maximum atomic E-state index is 4.98. The Hall–Kier alpha value is -0.900. The highest BCUT2D eigenvalue weighted by Crippen LogP contribution is 2.24. The molecule has 7 nitrogen and oxygen atoms in total. The largest absolute Gasteiger partial charge is 0.353 e. The van der Waals surface area contributed by atoms with Gasteiger partial charge in [0.05, 0.1) is 0 Å². The summed E-state index contributed by atoms with van der Waals surface area (Å²) in [6.45, 7) is 7.07. The van der Waals surface area contributed by atoms with Gasteiger partial charge in [0.1, 0.15) is 12.4 Å². The van der Waals surface area contributed by atoms with Gasteiger partial charge in [-0.15, -0.1) is 34.2 Å². The molecule has 8 heteroatoms. The molecule has 0 spiro atoms. The lowest BCUT2D eigenvalue weighted by Crippen LogP contribution is -2.56. The number of aromatic nitrogens is 3. The Morgan fingerprint density at radius 2 is 1.62 bits per heavy atom. The van der Waals surface area contributed by atoms with Crippen molar-refractivity contribution >= 4 is 29.9 Å². The van der Waals surface area contributed by atoms with Crippen molar-refractivity contribution < 1.29 is 0 Å². The molecule has 3 aliphatic rings. The van der Waals surface area contributed by atoms with Crippen LogP contribution in [0, 0.1) is 6.92 Å². The summed E-state index contributed by atoms with van der Waals surface area (Å²) in [7, 11) is 2.02. The first kappa shape index (κ1) is 22.8. The molecule has 1 aromatic rings. The number of hydrogen-bond donors (Lipinski definition) is 1. The van der Waals surface area contributed by atoms with Gasteiger partial charge < -0.3 is 14.8 Å². The number of piperazine rings is 1. The SMILES string of the molecule is Cc1nnc(CN=C(NC2CCCC2)N2CCN(C3CCCCC3)CC2)n1C.I. The van der Waals surface area contributed by atoms with Crippen molar-refractivity contribution in [1.29, 1.82) is 0 Å². The third-order valence-electron chi connectivity index (χ3n) is 6.95. The van der Waals surface area contributed by atoms with Crippen molar-refractivity contribution in [3.8, 4) is 0 Å². The fraction of sp³-hybridized carbons (Fsp3) is 0.857. The third kappa shape index (κ3) is 5.83. The molecule has 1 saturated heterocycles. The van der Waals surface area contributed by atoms with E-state index < -0.39 is 0 Å². The van der Waals surface area contributed by atoms with Crippen LogP contribution in [0.3, 0.4) is 0 Å². The molecule has 164 valence electrons. The lowest BCUT2D eigenvalue weighted by Gasteiger charge is -2.42. The topological polar surface area (TPSA) is 61.6 Å². The fourth-order valence-electron chi connectivity index (χ4n) is 4.97. The second kappa shape index (κ2) is 10.9. The van der Waals surface area contributed by atoms with E-state index in [4.69, 9.17) is 4.99 Å². The van der Waals surface area contributed by atoms with Gasteiger partial charge in [-0.1, -0.05) is 32.1 Å². The third-order valence-corrected chi connectivity index (χ3v) is 6.95. The Labute approximate surface area is 192 Å². The highest BCUT2D eigenvalue weighted by atomic mass is 127. The molecule has 0 radical (unpaired) electrons. The van der Waals surface area contributed by atoms with Crippen molar-refractivity contribution in [1.82, 2.24) is 29.9 Å². The molecular weight excluding hydrogens is 477 g/mol. The summed E-state index contributed by atoms with van der Waals surface area (Å²) >= 11 is 0. The lowest BCUT2D eigenvalue weighted by atomic mass is 9.94. The quantitative estimate of drug-likeness (QED) is 0.380. The molecule has 0 atom stereocenters. The predicted octanol–water partition coefficient (Wildman–Crippen LogP) is 3.08. The van der Waals surface area contributed by atoms with E-state index in [-0.39, 0.29) is 24.0 Å². The molecule has 0 bridgehead atoms. The first-order valence-corrected chi connectivity index (χ1v) is 11.4. The van der Waals surface area contributed by atoms with E-state index >= 15 is 0 Å². The van der Waals surface area contributed by atoms with Crippen LogP contribution in [-0.2, 0) is 13.6 Å². The number of nitrogens with one attached hydrogen (secondary N) is 1. The molecule has 0 unspecified atom stereocenters. The molecule has 2 saturated carbocycles. The lowest BCUT2D eigenvalue weighted by molar-refractivity contribution is 0.105. The summed E-state index contributed by atoms with van der Waals surface area (Å²) < 4.78 is 2.04. The fourth-order valence-corrected chi connectivity index (χ4v) is 4.97. The second-order valence-electron chi connectivity index (χ2n) is 8.80. The van der Waals surface area contributed by atoms with E-state index in [1.54, 1.807) is 0 Å². The standard InChI is InChI=1S/C21H37N7.HI/c1-17-24-25-20(26(17)2)16-22-21(23-18-8-6-7-9-18)28-14-12-27(13-15-28)19-10-4-3-5-11-19;/h18-19H,3-16H2,1-2H3,(H,22,23);1H. The molecule has 4 rings (SSSR count). The van der Waals surface area contributed by atoms with Crippen LogP contribution >= 0.6 is 24.0 Å². The number of halogens is 1. The van der Waals surface area contributed by atoms with Gasteiger partial charge in [-0.2, -0.15) is 0 Å². The van der Waals surface area contributed by atoms with Crippen molar-refractivity contribution in [3.05, 3.63) is 11.6 Å². The van der Waals surface area contributed by atoms with Crippen LogP contribution in [-0.4, -0.2) is 68.8 Å². The van der Waals surface area contributed by atoms with E-state index in [0.29, 0.717) is 12.6 Å². The Morgan fingerprint density at radius 3 is 2.24 bits per heavy atom. The zero-order valence-corrected chi connectivity index (χ0v) is 20.5. The van der Waals surface area contributed by atoms with Gasteiger partial charge in [-0.05, 0) is 32.6 Å². The first-order chi connectivity index (χ1) is 13.7. The smallest absolute Gasteiger partial charge is 0.194 e. The summed E-state index contributed by atoms with van der Waals surface area (Å²) in [6.07, 6.45) is 12.3. The van der Waals surface area contributed by atoms with Gasteiger partial charge >= 0.3 is 0 Å². The molecule has 3 fully saturated rings. The highest BCUT2D eigenvalue weighted by molar-refractivity contribution is 14.0. The molecule has 1 aromatic heterocycles. The molecule has 1 aliphatic heterocycles. The number of rotatable bonds is 4. The van der Waals surface area contributed by atoms with E-state index in [0.717, 1.165) is 36.7 Å². The molecule has 2 aliphatic carbocycles. The average Bonchev–Trinajstić information content (AvgIpc) is 3.37. The number of hydrogen-bond acceptors (Lipinski definition) is 4. The zero-order chi connectivity index (χ0) is 19.3. The van der Waals surface area contributed by atoms with Crippen LogP contribution in [0.1, 0.15) is 69.4 Å². The summed E-state index contributed by atoms with van der Waals surface area (Å²) in [6, 6.07) is 1.40. The summed E-state index contributed by atoms with van der Waals surface area (Å²) in [5.74, 6) is 2.96. The average molecular weight is 515 g/mol. The number of aryl methyl sites for hydroxylation is 1. The van der Waals surface area contributed by atoms with E-state index in [1.165, 1.54) is 70.9 Å². The van der Waals surface area contributed by atoms with Crippen LogP contribution in [0.2, 0.25) is 0 Å². The normalized spacial score (nSPS) is 22.7. The minimum absolute atomic E-state index is 0. The molecule has 0 amide bonds. The van der Waals surface area contributed by atoms with Crippen molar-refractivity contribution in [3.63, 3.8) is 0 Å². The summed E-state index contributed by atoms with van der Waals surface area (Å²) in [5.41, 5.74) is 0. The van der Waals surface area contributed by atoms with Gasteiger partial charge in [-0.3, -0.25) is 4.90 Å². The highest BCUT2D eigenvalue weighted by Gasteiger charge is 2.27. The van der Waals surface area contributed by atoms with Gasteiger partial charge in [0, 0.05) is 45.3 Å². The maximum Gasteiger partial charge on any atom is 0.194 e. The van der Waals surface area contributed by atoms with Crippen LogP contribution < -0.4 is 5.32 Å².